The van der Waals surface area contributed by atoms with Crippen LogP contribution in [0.4, 0.5) is 6.01 Å². The van der Waals surface area contributed by atoms with Gasteiger partial charge in [-0.05, 0) is 30.9 Å². The van der Waals surface area contributed by atoms with Crippen molar-refractivity contribution in [2.45, 2.75) is 25.8 Å². The Morgan fingerprint density at radius 2 is 2.38 bits per heavy atom. The quantitative estimate of drug-likeness (QED) is 0.709. The van der Waals surface area contributed by atoms with Gasteiger partial charge in [0.05, 0.1) is 6.54 Å². The number of anilines is 1. The van der Waals surface area contributed by atoms with Gasteiger partial charge in [-0.25, -0.2) is 9.97 Å². The van der Waals surface area contributed by atoms with Gasteiger partial charge in [-0.3, -0.25) is 9.48 Å². The first-order chi connectivity index (χ1) is 12.8. The molecule has 1 fully saturated rings. The Morgan fingerprint density at radius 1 is 1.42 bits per heavy atom. The molecule has 0 radical (unpaired) electrons. The van der Waals surface area contributed by atoms with E-state index < -0.39 is 0 Å². The number of pyridine rings is 1. The van der Waals surface area contributed by atoms with Crippen LogP contribution in [0.25, 0.3) is 11.2 Å². The van der Waals surface area contributed by atoms with E-state index in [0.29, 0.717) is 36.8 Å². The Morgan fingerprint density at radius 3 is 3.23 bits per heavy atom. The molecule has 136 valence electrons. The number of rotatable bonds is 6. The van der Waals surface area contributed by atoms with Crippen LogP contribution in [0.15, 0.2) is 35.4 Å². The van der Waals surface area contributed by atoms with Crippen molar-refractivity contribution in [2.24, 2.45) is 5.92 Å². The summed E-state index contributed by atoms with van der Waals surface area (Å²) in [6.07, 6.45) is 7.39. The lowest BCUT2D eigenvalue weighted by molar-refractivity contribution is -0.122. The van der Waals surface area contributed by atoms with Crippen LogP contribution in [0.5, 0.6) is 0 Å². The molecule has 9 heteroatoms. The van der Waals surface area contributed by atoms with Crippen LogP contribution in [-0.2, 0) is 11.3 Å². The third-order valence-electron chi connectivity index (χ3n) is 4.55. The third-order valence-corrected chi connectivity index (χ3v) is 4.55. The summed E-state index contributed by atoms with van der Waals surface area (Å²) in [5.41, 5.74) is 1.31. The predicted octanol–water partition coefficient (Wildman–Crippen LogP) is 1.24. The second-order valence-electron chi connectivity index (χ2n) is 6.49. The summed E-state index contributed by atoms with van der Waals surface area (Å²) in [5, 5.41) is 6.96. The summed E-state index contributed by atoms with van der Waals surface area (Å²) in [4.78, 5) is 26.9. The lowest BCUT2D eigenvalue weighted by Crippen LogP contribution is -2.38. The molecule has 0 saturated carbocycles. The fourth-order valence-electron chi connectivity index (χ4n) is 3.29. The number of piperidine rings is 1. The highest BCUT2D eigenvalue weighted by Gasteiger charge is 2.25. The number of nitrogens with zero attached hydrogens (tertiary/aromatic N) is 6. The molecule has 3 aromatic heterocycles. The van der Waals surface area contributed by atoms with Crippen molar-refractivity contribution in [3.63, 3.8) is 0 Å². The number of fused-ring (bicyclic) bond motifs is 1. The second kappa shape index (κ2) is 7.51. The van der Waals surface area contributed by atoms with Gasteiger partial charge in [-0.15, -0.1) is 0 Å². The van der Waals surface area contributed by atoms with E-state index in [2.05, 4.69) is 30.3 Å². The number of carbonyl (C=O) groups excluding carboxylic acids is 1. The Kier molecular flexibility index (Phi) is 4.76. The first-order valence-corrected chi connectivity index (χ1v) is 8.83. The highest BCUT2D eigenvalue weighted by atomic mass is 16.4. The zero-order valence-corrected chi connectivity index (χ0v) is 14.4. The standard InChI is InChI=1S/C17H21N7O2/c25-15(19-6-8-24-12-18-11-21-24)9-13-3-2-7-23(10-13)17-22-16-14(26-17)4-1-5-20-16/h1,4-5,11-13H,2-3,6-10H2,(H,19,25). The van der Waals surface area contributed by atoms with Crippen molar-refractivity contribution in [1.29, 1.82) is 0 Å². The molecule has 3 aromatic rings. The largest absolute Gasteiger partial charge is 0.422 e. The van der Waals surface area contributed by atoms with Crippen molar-refractivity contribution in [3.8, 4) is 0 Å². The molecule has 4 heterocycles. The zero-order chi connectivity index (χ0) is 17.8. The molecular formula is C17H21N7O2. The van der Waals surface area contributed by atoms with Crippen molar-refractivity contribution in [3.05, 3.63) is 31.0 Å². The summed E-state index contributed by atoms with van der Waals surface area (Å²) in [6, 6.07) is 4.29. The number of hydrogen-bond acceptors (Lipinski definition) is 7. The highest BCUT2D eigenvalue weighted by Crippen LogP contribution is 2.26. The van der Waals surface area contributed by atoms with E-state index in [1.807, 2.05) is 12.1 Å². The monoisotopic (exact) mass is 355 g/mol. The van der Waals surface area contributed by atoms with Crippen LogP contribution in [0.3, 0.4) is 0 Å². The van der Waals surface area contributed by atoms with Gasteiger partial charge in [0.15, 0.2) is 5.58 Å². The molecule has 0 bridgehead atoms. The molecule has 1 N–H and O–H groups in total. The Hall–Kier alpha value is -2.97. The number of hydrogen-bond donors (Lipinski definition) is 1. The average molecular weight is 355 g/mol. The van der Waals surface area contributed by atoms with Crippen molar-refractivity contribution < 1.29 is 9.21 Å². The van der Waals surface area contributed by atoms with Crippen LogP contribution in [0.1, 0.15) is 19.3 Å². The lowest BCUT2D eigenvalue weighted by atomic mass is 9.95. The molecular weight excluding hydrogens is 334 g/mol. The minimum atomic E-state index is 0.0659. The van der Waals surface area contributed by atoms with E-state index in [1.165, 1.54) is 6.33 Å². The molecule has 1 aliphatic rings. The lowest BCUT2D eigenvalue weighted by Gasteiger charge is -2.31. The third kappa shape index (κ3) is 3.81. The molecule has 9 nitrogen and oxygen atoms in total. The number of amides is 1. The van der Waals surface area contributed by atoms with Gasteiger partial charge in [-0.2, -0.15) is 10.1 Å². The molecule has 1 amide bonds. The van der Waals surface area contributed by atoms with Gasteiger partial charge in [0.25, 0.3) is 6.01 Å². The minimum Gasteiger partial charge on any atom is -0.422 e. The highest BCUT2D eigenvalue weighted by molar-refractivity contribution is 5.76. The molecule has 26 heavy (non-hydrogen) atoms. The first kappa shape index (κ1) is 16.5. The number of nitrogens with one attached hydrogen (secondary N) is 1. The average Bonchev–Trinajstić information content (AvgIpc) is 3.31. The molecule has 1 aliphatic heterocycles. The Bertz CT molecular complexity index is 828. The smallest absolute Gasteiger partial charge is 0.299 e. The SMILES string of the molecule is O=C(CC1CCCN(c2nc3ncccc3o2)C1)NCCn1cncn1. The van der Waals surface area contributed by atoms with E-state index in [0.717, 1.165) is 25.9 Å². The van der Waals surface area contributed by atoms with Crippen LogP contribution in [-0.4, -0.2) is 50.3 Å². The second-order valence-corrected chi connectivity index (χ2v) is 6.49. The molecule has 1 saturated heterocycles. The van der Waals surface area contributed by atoms with Crippen LogP contribution in [0.2, 0.25) is 0 Å². The van der Waals surface area contributed by atoms with E-state index >= 15 is 0 Å². The van der Waals surface area contributed by atoms with Gasteiger partial charge >= 0.3 is 0 Å². The van der Waals surface area contributed by atoms with Gasteiger partial charge < -0.3 is 14.6 Å². The maximum Gasteiger partial charge on any atom is 0.299 e. The van der Waals surface area contributed by atoms with Gasteiger partial charge in [0.1, 0.15) is 12.7 Å². The molecule has 4 rings (SSSR count). The fraction of sp³-hybridized carbons (Fsp3) is 0.471. The summed E-state index contributed by atoms with van der Waals surface area (Å²) >= 11 is 0. The van der Waals surface area contributed by atoms with Crippen molar-refractivity contribution in [2.75, 3.05) is 24.5 Å². The molecule has 0 aromatic carbocycles. The number of carbonyl (C=O) groups is 1. The van der Waals surface area contributed by atoms with Crippen LogP contribution < -0.4 is 10.2 Å². The minimum absolute atomic E-state index is 0.0659. The summed E-state index contributed by atoms with van der Waals surface area (Å²) in [5.74, 6) is 0.356. The number of aromatic nitrogens is 5. The fourth-order valence-corrected chi connectivity index (χ4v) is 3.29. The van der Waals surface area contributed by atoms with E-state index in [-0.39, 0.29) is 11.8 Å². The van der Waals surface area contributed by atoms with Crippen molar-refractivity contribution in [1.82, 2.24) is 30.0 Å². The molecule has 1 unspecified atom stereocenters. The molecule has 0 spiro atoms. The summed E-state index contributed by atoms with van der Waals surface area (Å²) < 4.78 is 7.50. The van der Waals surface area contributed by atoms with Gasteiger partial charge in [0, 0.05) is 32.3 Å². The van der Waals surface area contributed by atoms with Crippen LogP contribution >= 0.6 is 0 Å². The van der Waals surface area contributed by atoms with E-state index in [1.54, 1.807) is 17.2 Å². The number of oxazole rings is 1. The summed E-state index contributed by atoms with van der Waals surface area (Å²) in [6.45, 7) is 2.83. The maximum absolute atomic E-state index is 12.2. The maximum atomic E-state index is 12.2. The predicted molar refractivity (Wildman–Crippen MR) is 94.4 cm³/mol. The van der Waals surface area contributed by atoms with E-state index in [9.17, 15) is 4.79 Å². The van der Waals surface area contributed by atoms with Gasteiger partial charge in [0.2, 0.25) is 11.6 Å². The Labute approximate surface area is 150 Å². The zero-order valence-electron chi connectivity index (χ0n) is 14.4. The summed E-state index contributed by atoms with van der Waals surface area (Å²) in [7, 11) is 0. The van der Waals surface area contributed by atoms with Crippen molar-refractivity contribution >= 4 is 23.2 Å². The normalized spacial score (nSPS) is 17.5. The first-order valence-electron chi connectivity index (χ1n) is 8.83. The molecule has 0 aliphatic carbocycles. The van der Waals surface area contributed by atoms with Crippen LogP contribution in [0, 0.1) is 5.92 Å². The van der Waals surface area contributed by atoms with Gasteiger partial charge in [-0.1, -0.05) is 0 Å². The van der Waals surface area contributed by atoms with E-state index in [4.69, 9.17) is 4.42 Å². The Balaban J connectivity index is 1.29. The topological polar surface area (TPSA) is 102 Å². The molecule has 1 atom stereocenters.